The number of carbonyl (C=O) groups excluding carboxylic acids is 2. The molecule has 2 saturated heterocycles. The first-order valence-corrected chi connectivity index (χ1v) is 10.8. The van der Waals surface area contributed by atoms with E-state index in [1.807, 2.05) is 25.2 Å². The largest absolute Gasteiger partial charge is 0.396 e. The molecule has 3 atom stereocenters. The number of likely N-dealkylation sites (tertiary alicyclic amines) is 1. The van der Waals surface area contributed by atoms with Gasteiger partial charge in [-0.1, -0.05) is 18.2 Å². The van der Waals surface area contributed by atoms with E-state index < -0.39 is 11.5 Å². The highest BCUT2D eigenvalue weighted by Gasteiger charge is 2.51. The molecule has 4 rings (SSSR count). The monoisotopic (exact) mass is 417 g/mol. The number of rotatable bonds is 5. The smallest absolute Gasteiger partial charge is 0.237 e. The molecule has 1 spiro atoms. The van der Waals surface area contributed by atoms with E-state index in [-0.39, 0.29) is 37.0 Å². The molecular formula is C22H31N3O5. The lowest BCUT2D eigenvalue weighted by Crippen LogP contribution is -2.57. The van der Waals surface area contributed by atoms with Crippen LogP contribution in [0.5, 0.6) is 0 Å². The van der Waals surface area contributed by atoms with E-state index in [9.17, 15) is 14.7 Å². The Morgan fingerprint density at radius 1 is 1.30 bits per heavy atom. The minimum Gasteiger partial charge on any atom is -0.396 e. The predicted molar refractivity (Wildman–Crippen MR) is 111 cm³/mol. The summed E-state index contributed by atoms with van der Waals surface area (Å²) in [5.41, 5.74) is 1.68. The van der Waals surface area contributed by atoms with Crippen LogP contribution in [0.3, 0.4) is 0 Å². The first-order chi connectivity index (χ1) is 14.5. The summed E-state index contributed by atoms with van der Waals surface area (Å²) in [4.78, 5) is 28.9. The highest BCUT2D eigenvalue weighted by atomic mass is 16.5. The molecule has 3 aliphatic heterocycles. The van der Waals surface area contributed by atoms with Gasteiger partial charge in [0.1, 0.15) is 6.10 Å². The molecule has 8 heteroatoms. The summed E-state index contributed by atoms with van der Waals surface area (Å²) in [5, 5.41) is 22.4. The molecule has 0 radical (unpaired) electrons. The van der Waals surface area contributed by atoms with Gasteiger partial charge >= 0.3 is 0 Å². The molecule has 2 fully saturated rings. The number of aliphatic hydroxyl groups excluding tert-OH is 2. The fraction of sp³-hybridized carbons (Fsp3) is 0.636. The van der Waals surface area contributed by atoms with Crippen LogP contribution in [0.1, 0.15) is 31.2 Å². The minimum absolute atomic E-state index is 0.0346. The van der Waals surface area contributed by atoms with Crippen molar-refractivity contribution in [3.05, 3.63) is 29.8 Å². The SMILES string of the molecule is CN1C(=O)C2(CCN(C[C@H]3OCC[C@H](NC(=O)CCO)[C@@H]3O)CC2)c2ccccc21. The molecule has 3 N–H and O–H groups in total. The van der Waals surface area contributed by atoms with Crippen LogP contribution in [0.2, 0.25) is 0 Å². The van der Waals surface area contributed by atoms with E-state index >= 15 is 0 Å². The van der Waals surface area contributed by atoms with Crippen LogP contribution < -0.4 is 10.2 Å². The Balaban J connectivity index is 1.37. The molecular weight excluding hydrogens is 386 g/mol. The highest BCUT2D eigenvalue weighted by molar-refractivity contribution is 6.07. The van der Waals surface area contributed by atoms with E-state index in [4.69, 9.17) is 9.84 Å². The van der Waals surface area contributed by atoms with Crippen LogP contribution >= 0.6 is 0 Å². The number of aliphatic hydroxyl groups is 2. The number of carbonyl (C=O) groups is 2. The number of hydrogen-bond donors (Lipinski definition) is 3. The number of ether oxygens (including phenoxy) is 1. The molecule has 0 unspecified atom stereocenters. The number of anilines is 1. The number of nitrogens with one attached hydrogen (secondary N) is 1. The van der Waals surface area contributed by atoms with Crippen molar-refractivity contribution in [2.24, 2.45) is 0 Å². The normalized spacial score (nSPS) is 28.6. The van der Waals surface area contributed by atoms with Gasteiger partial charge in [-0.05, 0) is 44.0 Å². The molecule has 0 bridgehead atoms. The lowest BCUT2D eigenvalue weighted by atomic mass is 9.73. The van der Waals surface area contributed by atoms with Crippen molar-refractivity contribution in [1.82, 2.24) is 10.2 Å². The number of amides is 2. The van der Waals surface area contributed by atoms with Crippen molar-refractivity contribution in [3.63, 3.8) is 0 Å². The van der Waals surface area contributed by atoms with E-state index in [1.54, 1.807) is 4.90 Å². The maximum absolute atomic E-state index is 13.1. The Labute approximate surface area is 176 Å². The third-order valence-electron chi connectivity index (χ3n) is 6.88. The van der Waals surface area contributed by atoms with Crippen molar-refractivity contribution < 1.29 is 24.5 Å². The Bertz CT molecular complexity index is 793. The second-order valence-electron chi connectivity index (χ2n) is 8.60. The van der Waals surface area contributed by atoms with Gasteiger partial charge in [-0.25, -0.2) is 0 Å². The van der Waals surface area contributed by atoms with Gasteiger partial charge in [0.2, 0.25) is 11.8 Å². The maximum atomic E-state index is 13.1. The van der Waals surface area contributed by atoms with Crippen LogP contribution in [0.4, 0.5) is 5.69 Å². The second-order valence-corrected chi connectivity index (χ2v) is 8.60. The van der Waals surface area contributed by atoms with Gasteiger partial charge < -0.3 is 30.1 Å². The van der Waals surface area contributed by atoms with Crippen LogP contribution in [-0.4, -0.2) is 85.1 Å². The van der Waals surface area contributed by atoms with Gasteiger partial charge in [0, 0.05) is 32.3 Å². The van der Waals surface area contributed by atoms with Crippen molar-refractivity contribution in [1.29, 1.82) is 0 Å². The molecule has 3 heterocycles. The van der Waals surface area contributed by atoms with Crippen LogP contribution in [0.25, 0.3) is 0 Å². The van der Waals surface area contributed by atoms with Gasteiger partial charge in [0.05, 0.1) is 24.2 Å². The topological polar surface area (TPSA) is 102 Å². The maximum Gasteiger partial charge on any atom is 0.237 e. The van der Waals surface area contributed by atoms with E-state index in [1.165, 1.54) is 0 Å². The Kier molecular flexibility index (Phi) is 6.11. The lowest BCUT2D eigenvalue weighted by Gasteiger charge is -2.42. The third kappa shape index (κ3) is 3.73. The number of piperidine rings is 1. The van der Waals surface area contributed by atoms with Crippen LogP contribution in [0, 0.1) is 0 Å². The number of fused-ring (bicyclic) bond motifs is 2. The average Bonchev–Trinajstić information content (AvgIpc) is 2.95. The zero-order valence-electron chi connectivity index (χ0n) is 17.4. The number of para-hydroxylation sites is 1. The Morgan fingerprint density at radius 2 is 2.03 bits per heavy atom. The number of benzene rings is 1. The second kappa shape index (κ2) is 8.63. The number of hydrogen-bond acceptors (Lipinski definition) is 6. The molecule has 164 valence electrons. The summed E-state index contributed by atoms with van der Waals surface area (Å²) in [6.45, 7) is 2.33. The zero-order chi connectivity index (χ0) is 21.3. The van der Waals surface area contributed by atoms with Gasteiger partial charge in [0.25, 0.3) is 0 Å². The highest BCUT2D eigenvalue weighted by Crippen LogP contribution is 2.47. The first kappa shape index (κ1) is 21.2. The van der Waals surface area contributed by atoms with Crippen LogP contribution in [0.15, 0.2) is 24.3 Å². The number of likely N-dealkylation sites (N-methyl/N-ethyl adjacent to an activating group) is 1. The summed E-state index contributed by atoms with van der Waals surface area (Å²) < 4.78 is 5.81. The quantitative estimate of drug-likeness (QED) is 0.624. The van der Waals surface area contributed by atoms with Gasteiger partial charge in [0.15, 0.2) is 0 Å². The van der Waals surface area contributed by atoms with Crippen molar-refractivity contribution in [2.45, 2.75) is 49.3 Å². The lowest BCUT2D eigenvalue weighted by molar-refractivity contribution is -0.131. The number of nitrogens with zero attached hydrogens (tertiary/aromatic N) is 2. The molecule has 1 aromatic carbocycles. The molecule has 1 aromatic rings. The van der Waals surface area contributed by atoms with Crippen molar-refractivity contribution in [3.8, 4) is 0 Å². The summed E-state index contributed by atoms with van der Waals surface area (Å²) in [6, 6.07) is 7.67. The average molecular weight is 418 g/mol. The molecule has 2 amide bonds. The first-order valence-electron chi connectivity index (χ1n) is 10.8. The predicted octanol–water partition coefficient (Wildman–Crippen LogP) is 0.0136. The van der Waals surface area contributed by atoms with Crippen molar-refractivity contribution >= 4 is 17.5 Å². The third-order valence-corrected chi connectivity index (χ3v) is 6.88. The molecule has 8 nitrogen and oxygen atoms in total. The van der Waals surface area contributed by atoms with Crippen LogP contribution in [-0.2, 0) is 19.7 Å². The standard InChI is InChI=1S/C22H31N3O5/c1-24-17-5-3-2-4-15(17)22(21(24)29)8-10-25(11-9-22)14-18-20(28)16(7-13-30-18)23-19(27)6-12-26/h2-5,16,18,20,26,28H,6-14H2,1H3,(H,23,27)/t16-,18+,20-/m0/s1. The summed E-state index contributed by atoms with van der Waals surface area (Å²) in [5.74, 6) is -0.0893. The van der Waals surface area contributed by atoms with Gasteiger partial charge in [-0.2, -0.15) is 0 Å². The van der Waals surface area contributed by atoms with E-state index in [0.717, 1.165) is 37.2 Å². The zero-order valence-corrected chi connectivity index (χ0v) is 17.4. The molecule has 0 saturated carbocycles. The molecule has 0 aliphatic carbocycles. The van der Waals surface area contributed by atoms with Crippen molar-refractivity contribution in [2.75, 3.05) is 44.8 Å². The molecule has 3 aliphatic rings. The summed E-state index contributed by atoms with van der Waals surface area (Å²) in [6.07, 6.45) is 0.889. The fourth-order valence-corrected chi connectivity index (χ4v) is 5.15. The molecule has 30 heavy (non-hydrogen) atoms. The van der Waals surface area contributed by atoms with Gasteiger partial charge in [-0.15, -0.1) is 0 Å². The summed E-state index contributed by atoms with van der Waals surface area (Å²) >= 11 is 0. The summed E-state index contributed by atoms with van der Waals surface area (Å²) in [7, 11) is 1.85. The Hall–Kier alpha value is -2.00. The Morgan fingerprint density at radius 3 is 2.77 bits per heavy atom. The fourth-order valence-electron chi connectivity index (χ4n) is 5.15. The van der Waals surface area contributed by atoms with E-state index in [2.05, 4.69) is 16.3 Å². The minimum atomic E-state index is -0.794. The van der Waals surface area contributed by atoms with E-state index in [0.29, 0.717) is 19.6 Å². The molecule has 0 aromatic heterocycles. The van der Waals surface area contributed by atoms with Gasteiger partial charge in [-0.3, -0.25) is 9.59 Å².